The highest BCUT2D eigenvalue weighted by Gasteiger charge is 2.65. The number of nitrogens with zero attached hydrogens (tertiary/aromatic N) is 5. The van der Waals surface area contributed by atoms with E-state index in [-0.39, 0.29) is 17.2 Å². The third-order valence-electron chi connectivity index (χ3n) is 4.76. The first kappa shape index (κ1) is 25.7. The predicted octanol–water partition coefficient (Wildman–Crippen LogP) is -1.12. The molecule has 1 fully saturated rings. The first-order valence-electron chi connectivity index (χ1n) is 9.30. The number of carboxylic acid groups (broad SMARTS) is 2. The van der Waals surface area contributed by atoms with E-state index in [0.717, 1.165) is 23.5 Å². The summed E-state index contributed by atoms with van der Waals surface area (Å²) in [7, 11) is 1.67. The number of nitrogens with two attached hydrogens (primary N) is 1. The smallest absolute Gasteiger partial charge is 0.352 e. The molecule has 33 heavy (non-hydrogen) atoms. The lowest BCUT2D eigenvalue weighted by atomic mass is 10.0. The Hall–Kier alpha value is -1.95. The first-order chi connectivity index (χ1) is 15.6. The van der Waals surface area contributed by atoms with Crippen molar-refractivity contribution in [3.8, 4) is 0 Å². The van der Waals surface area contributed by atoms with Crippen molar-refractivity contribution in [2.45, 2.75) is 21.4 Å². The summed E-state index contributed by atoms with van der Waals surface area (Å²) in [6.07, 6.45) is 1.67. The molecule has 0 radical (unpaired) electrons. The maximum absolute atomic E-state index is 13.1. The van der Waals surface area contributed by atoms with Gasteiger partial charge in [-0.15, -0.1) is 40.4 Å². The summed E-state index contributed by atoms with van der Waals surface area (Å²) in [5.41, 5.74) is 5.90. The number of hydrogen-bond acceptors (Lipinski definition) is 12. The molecule has 5 N–H and O–H groups in total. The van der Waals surface area contributed by atoms with E-state index in [1.165, 1.54) is 33.1 Å². The monoisotopic (exact) mass is 535 g/mol. The molecule has 1 aromatic heterocycles. The predicted molar refractivity (Wildman–Crippen MR) is 125 cm³/mol. The van der Waals surface area contributed by atoms with E-state index < -0.39 is 40.0 Å². The molecule has 2 aliphatic rings. The summed E-state index contributed by atoms with van der Waals surface area (Å²) in [6, 6.07) is -1.09. The highest BCUT2D eigenvalue weighted by Crippen LogP contribution is 2.51. The van der Waals surface area contributed by atoms with Crippen molar-refractivity contribution in [3.05, 3.63) is 11.3 Å². The Morgan fingerprint density at radius 3 is 2.70 bits per heavy atom. The number of amides is 2. The standard InChI is InChI=1S/C16H21N7O6S4/c1-22-15(19-20-21-22)33-4-7-3-32-14-16(30-2,13(29)23(14)10(7)12(27)28)18-9(24)6-31-5-8(17)11(25)26/h8,14H,3-6,17H2,1-2H3,(H,18,24)(H,25,26)(H,27,28)/t8-,14?,16+/m1/s1. The van der Waals surface area contributed by atoms with Crippen LogP contribution < -0.4 is 11.1 Å². The van der Waals surface area contributed by atoms with Gasteiger partial charge in [-0.05, 0) is 22.3 Å². The van der Waals surface area contributed by atoms with Crippen molar-refractivity contribution >= 4 is 70.8 Å². The van der Waals surface area contributed by atoms with Crippen LogP contribution in [0.4, 0.5) is 0 Å². The van der Waals surface area contributed by atoms with Crippen LogP contribution in [0.2, 0.25) is 0 Å². The third-order valence-corrected chi connectivity index (χ3v) is 9.61. The molecule has 0 aliphatic carbocycles. The highest BCUT2D eigenvalue weighted by molar-refractivity contribution is 8.05. The van der Waals surface area contributed by atoms with Crippen molar-refractivity contribution in [2.75, 3.05) is 29.3 Å². The minimum absolute atomic E-state index is 0.0429. The average Bonchev–Trinajstić information content (AvgIpc) is 3.19. The first-order valence-corrected chi connectivity index (χ1v) is 13.7. The molecule has 0 aromatic carbocycles. The largest absolute Gasteiger partial charge is 0.480 e. The number of rotatable bonds is 11. The second-order valence-electron chi connectivity index (χ2n) is 6.92. The van der Waals surface area contributed by atoms with Crippen LogP contribution in [0.15, 0.2) is 16.4 Å². The summed E-state index contributed by atoms with van der Waals surface area (Å²) in [4.78, 5) is 48.3. The van der Waals surface area contributed by atoms with Gasteiger partial charge in [0.05, 0.1) is 5.75 Å². The van der Waals surface area contributed by atoms with E-state index >= 15 is 0 Å². The molecule has 0 saturated carbocycles. The van der Waals surface area contributed by atoms with Crippen molar-refractivity contribution in [1.82, 2.24) is 30.4 Å². The number of aryl methyl sites for hydroxylation is 1. The number of nitrogens with one attached hydrogen (secondary N) is 1. The third kappa shape index (κ3) is 5.11. The molecular formula is C16H21N7O6S4. The minimum Gasteiger partial charge on any atom is -0.480 e. The van der Waals surface area contributed by atoms with Crippen molar-refractivity contribution < 1.29 is 29.4 Å². The van der Waals surface area contributed by atoms with Crippen LogP contribution in [-0.2, 0) is 26.2 Å². The van der Waals surface area contributed by atoms with Gasteiger partial charge in [0.25, 0.3) is 5.91 Å². The minimum atomic E-state index is -1.30. The molecule has 1 aromatic rings. The van der Waals surface area contributed by atoms with Crippen LogP contribution in [0, 0.1) is 0 Å². The summed E-state index contributed by atoms with van der Waals surface area (Å²) in [6.45, 7) is 0. The molecule has 180 valence electrons. The summed E-state index contributed by atoms with van der Waals surface area (Å²) < 4.78 is 1.47. The fraction of sp³-hybridized carbons (Fsp3) is 0.562. The van der Waals surface area contributed by atoms with E-state index in [9.17, 15) is 24.3 Å². The molecule has 3 atom stereocenters. The molecule has 13 nitrogen and oxygen atoms in total. The maximum atomic E-state index is 13.1. The molecule has 1 unspecified atom stereocenters. The van der Waals surface area contributed by atoms with E-state index in [1.54, 1.807) is 13.3 Å². The second kappa shape index (κ2) is 10.5. The lowest BCUT2D eigenvalue weighted by molar-refractivity contribution is -0.152. The van der Waals surface area contributed by atoms with Crippen LogP contribution in [0.5, 0.6) is 0 Å². The van der Waals surface area contributed by atoms with Gasteiger partial charge in [0, 0.05) is 24.3 Å². The molecule has 3 heterocycles. The van der Waals surface area contributed by atoms with Crippen LogP contribution >= 0.6 is 47.0 Å². The lowest BCUT2D eigenvalue weighted by Crippen LogP contribution is -2.78. The van der Waals surface area contributed by atoms with Crippen LogP contribution in [0.1, 0.15) is 0 Å². The zero-order valence-electron chi connectivity index (χ0n) is 17.5. The molecule has 1 saturated heterocycles. The molecule has 0 spiro atoms. The number of carbonyl (C=O) groups is 4. The quantitative estimate of drug-likeness (QED) is 0.151. The number of carboxylic acids is 2. The lowest BCUT2D eigenvalue weighted by Gasteiger charge is -2.56. The summed E-state index contributed by atoms with van der Waals surface area (Å²) in [5, 5.41) is 32.4. The fourth-order valence-corrected chi connectivity index (χ4v) is 7.53. The number of fused-ring (bicyclic) bond motifs is 1. The number of carbonyl (C=O) groups excluding carboxylic acids is 2. The zero-order valence-corrected chi connectivity index (χ0v) is 20.7. The normalized spacial score (nSPS) is 23.1. The van der Waals surface area contributed by atoms with Crippen molar-refractivity contribution in [1.29, 1.82) is 0 Å². The maximum Gasteiger partial charge on any atom is 0.352 e. The Balaban J connectivity index is 1.70. The Bertz CT molecular complexity index is 1000. The Morgan fingerprint density at radius 2 is 2.12 bits per heavy atom. The molecule has 3 rings (SSSR count). The fourth-order valence-electron chi connectivity index (χ4n) is 3.14. The van der Waals surface area contributed by atoms with Crippen molar-refractivity contribution in [2.24, 2.45) is 12.8 Å². The number of thioether (sulfide) groups is 4. The van der Waals surface area contributed by atoms with Gasteiger partial charge < -0.3 is 21.3 Å². The number of β-lactam (4-membered cyclic amide) rings is 1. The van der Waals surface area contributed by atoms with Crippen LogP contribution in [0.25, 0.3) is 0 Å². The van der Waals surface area contributed by atoms with Gasteiger partial charge in [-0.2, -0.15) is 0 Å². The van der Waals surface area contributed by atoms with Gasteiger partial charge in [-0.25, -0.2) is 9.48 Å². The highest BCUT2D eigenvalue weighted by atomic mass is 32.2. The summed E-state index contributed by atoms with van der Waals surface area (Å²) >= 11 is 4.80. The Morgan fingerprint density at radius 1 is 1.39 bits per heavy atom. The molecular weight excluding hydrogens is 514 g/mol. The van der Waals surface area contributed by atoms with Crippen LogP contribution in [-0.4, -0.2) is 105 Å². The van der Waals surface area contributed by atoms with E-state index in [1.807, 2.05) is 0 Å². The van der Waals surface area contributed by atoms with Gasteiger partial charge >= 0.3 is 11.9 Å². The average molecular weight is 536 g/mol. The second-order valence-corrected chi connectivity index (χ2v) is 11.0. The van der Waals surface area contributed by atoms with E-state index in [0.29, 0.717) is 22.2 Å². The van der Waals surface area contributed by atoms with Crippen LogP contribution in [0.3, 0.4) is 0 Å². The number of aliphatic carboxylic acids is 2. The number of tetrazole rings is 1. The van der Waals surface area contributed by atoms with Gasteiger partial charge in [-0.1, -0.05) is 11.8 Å². The summed E-state index contributed by atoms with van der Waals surface area (Å²) in [5.74, 6) is -2.76. The van der Waals surface area contributed by atoms with Crippen molar-refractivity contribution in [3.63, 3.8) is 0 Å². The van der Waals surface area contributed by atoms with Gasteiger partial charge in [-0.3, -0.25) is 19.3 Å². The number of aromatic nitrogens is 4. The molecule has 0 bridgehead atoms. The van der Waals surface area contributed by atoms with Gasteiger partial charge in [0.15, 0.2) is 4.87 Å². The van der Waals surface area contributed by atoms with E-state index in [4.69, 9.17) is 10.8 Å². The number of hydrogen-bond donors (Lipinski definition) is 4. The molecule has 2 amide bonds. The Kier molecular flexibility index (Phi) is 8.20. The van der Waals surface area contributed by atoms with Gasteiger partial charge in [0.1, 0.15) is 17.1 Å². The SMILES string of the molecule is CS[C@@]1(NC(=O)CSC[C@@H](N)C(=O)O)C(=O)N2C(C(=O)O)=C(CSc3nnnn3C)CSC21. The molecule has 17 heteroatoms. The molecule has 2 aliphatic heterocycles. The zero-order chi connectivity index (χ0) is 24.3. The van der Waals surface area contributed by atoms with Gasteiger partial charge in [0.2, 0.25) is 11.1 Å². The Labute approximate surface area is 205 Å². The van der Waals surface area contributed by atoms with E-state index in [2.05, 4.69) is 20.8 Å². The topological polar surface area (TPSA) is 194 Å².